The zero-order valence-corrected chi connectivity index (χ0v) is 23.5. The van der Waals surface area contributed by atoms with E-state index in [-0.39, 0.29) is 24.5 Å². The minimum atomic E-state index is -5.86. The van der Waals surface area contributed by atoms with Crippen molar-refractivity contribution in [3.05, 3.63) is 88.3 Å². The van der Waals surface area contributed by atoms with Crippen LogP contribution in [0.2, 0.25) is 0 Å². The fraction of sp³-hybridized carbons (Fsp3) is 0.515. The molecule has 9 heteroatoms. The second-order valence-electron chi connectivity index (χ2n) is 12.7. The van der Waals surface area contributed by atoms with Crippen molar-refractivity contribution in [3.63, 3.8) is 0 Å². The molecule has 224 valence electrons. The summed E-state index contributed by atoms with van der Waals surface area (Å²) < 4.78 is 71.6. The predicted molar refractivity (Wildman–Crippen MR) is 147 cm³/mol. The molecule has 0 radical (unpaired) electrons. The zero-order valence-electron chi connectivity index (χ0n) is 23.5. The lowest BCUT2D eigenvalue weighted by Crippen LogP contribution is -2.65. The summed E-state index contributed by atoms with van der Waals surface area (Å²) in [6.07, 6.45) is 0.849. The van der Waals surface area contributed by atoms with Crippen LogP contribution in [-0.4, -0.2) is 33.6 Å². The Morgan fingerprint density at radius 1 is 0.952 bits per heavy atom. The van der Waals surface area contributed by atoms with Gasteiger partial charge < -0.3 is 10.4 Å². The molecule has 4 aliphatic rings. The number of carbonyl (C=O) groups is 1. The minimum absolute atomic E-state index is 0.0178. The fourth-order valence-electron chi connectivity index (χ4n) is 8.43. The van der Waals surface area contributed by atoms with E-state index in [1.165, 1.54) is 6.92 Å². The molecule has 0 saturated heterocycles. The Hall–Kier alpha value is -2.91. The van der Waals surface area contributed by atoms with Gasteiger partial charge in [-0.2, -0.15) is 22.0 Å². The molecule has 4 aliphatic carbocycles. The number of allylic oxidation sites excluding steroid dienone is 4. The van der Waals surface area contributed by atoms with Crippen molar-refractivity contribution in [1.29, 1.82) is 0 Å². The van der Waals surface area contributed by atoms with E-state index in [4.69, 9.17) is 0 Å². The quantitative estimate of drug-likeness (QED) is 0.352. The molecule has 4 nitrogen and oxygen atoms in total. The van der Waals surface area contributed by atoms with Crippen LogP contribution in [0, 0.1) is 17.3 Å². The number of pyridine rings is 1. The van der Waals surface area contributed by atoms with Gasteiger partial charge in [0.15, 0.2) is 5.78 Å². The highest BCUT2D eigenvalue weighted by atomic mass is 19.4. The summed E-state index contributed by atoms with van der Waals surface area (Å²) in [6, 6.07) is 11.6. The number of hydrogen-bond donors (Lipinski definition) is 2. The Kier molecular flexibility index (Phi) is 7.20. The zero-order chi connectivity index (χ0) is 29.9. The van der Waals surface area contributed by atoms with Gasteiger partial charge in [0, 0.05) is 43.2 Å². The summed E-state index contributed by atoms with van der Waals surface area (Å²) >= 11 is 0. The van der Waals surface area contributed by atoms with E-state index < -0.39 is 41.4 Å². The van der Waals surface area contributed by atoms with Crippen LogP contribution in [0.4, 0.5) is 22.0 Å². The Balaban J connectivity index is 1.36. The van der Waals surface area contributed by atoms with Crippen LogP contribution in [0.1, 0.15) is 74.5 Å². The first-order valence-corrected chi connectivity index (χ1v) is 14.7. The molecule has 0 spiro atoms. The lowest BCUT2D eigenvalue weighted by Gasteiger charge is -2.56. The molecule has 1 heterocycles. The highest BCUT2D eigenvalue weighted by Gasteiger charge is 2.79. The van der Waals surface area contributed by atoms with Crippen LogP contribution in [0.15, 0.2) is 71.6 Å². The number of halogens is 5. The number of nitrogens with zero attached hydrogens (tertiary/aromatic N) is 1. The van der Waals surface area contributed by atoms with E-state index in [2.05, 4.69) is 10.3 Å². The molecule has 0 amide bonds. The molecule has 5 atom stereocenters. The highest BCUT2D eigenvalue weighted by molar-refractivity contribution is 5.93. The molecule has 1 aromatic heterocycles. The SMILES string of the molecule is C[C@]12C[C@H](c3ccc(CNCc4ccncc4)cc3)C3=C4CCC(=O)C=C4CC[C@H]3[C@@H]1CC[C@]2(O)C(F)(F)C(F)(F)F. The minimum Gasteiger partial charge on any atom is -0.383 e. The molecule has 2 saturated carbocycles. The fourth-order valence-corrected chi connectivity index (χ4v) is 8.43. The number of alkyl halides is 5. The number of ketones is 1. The van der Waals surface area contributed by atoms with Crippen LogP contribution < -0.4 is 5.32 Å². The van der Waals surface area contributed by atoms with Crippen molar-refractivity contribution in [3.8, 4) is 0 Å². The number of rotatable bonds is 6. The summed E-state index contributed by atoms with van der Waals surface area (Å²) in [5, 5.41) is 14.8. The van der Waals surface area contributed by atoms with Gasteiger partial charge in [-0.25, -0.2) is 0 Å². The van der Waals surface area contributed by atoms with Crippen LogP contribution in [0.3, 0.4) is 0 Å². The van der Waals surface area contributed by atoms with Gasteiger partial charge in [-0.15, -0.1) is 0 Å². The monoisotopic (exact) mass is 586 g/mol. The Labute approximate surface area is 242 Å². The number of benzene rings is 1. The standard InChI is InChI=1S/C33H35F5N2O2/c1-30-17-27(22-4-2-20(3-5-22)18-40-19-21-11-14-39-15-12-21)29-25-9-7-24(41)16-23(25)6-8-26(29)28(30)10-13-31(30,42)32(34,35)33(36,37)38/h2-5,11-12,14-16,26-28,40,42H,6-10,13,17-19H2,1H3/t26-,27+,28-,30-,31+/m0/s1. The van der Waals surface area contributed by atoms with Crippen LogP contribution in [0.5, 0.6) is 0 Å². The van der Waals surface area contributed by atoms with Gasteiger partial charge in [-0.05, 0) is 96.4 Å². The van der Waals surface area contributed by atoms with E-state index in [1.807, 2.05) is 36.4 Å². The topological polar surface area (TPSA) is 62.2 Å². The van der Waals surface area contributed by atoms with E-state index in [9.17, 15) is 23.1 Å². The van der Waals surface area contributed by atoms with Gasteiger partial charge >= 0.3 is 12.1 Å². The van der Waals surface area contributed by atoms with Crippen LogP contribution in [-0.2, 0) is 17.9 Å². The third-order valence-corrected chi connectivity index (χ3v) is 10.6. The Bertz CT molecular complexity index is 1420. The molecule has 0 aliphatic heterocycles. The van der Waals surface area contributed by atoms with Gasteiger partial charge in [0.1, 0.15) is 5.60 Å². The maximum Gasteiger partial charge on any atom is 0.456 e. The van der Waals surface area contributed by atoms with Crippen molar-refractivity contribution >= 4 is 5.78 Å². The smallest absolute Gasteiger partial charge is 0.383 e. The number of fused-ring (bicyclic) bond motifs is 4. The van der Waals surface area contributed by atoms with E-state index in [1.54, 1.807) is 18.5 Å². The number of hydrogen-bond acceptors (Lipinski definition) is 4. The largest absolute Gasteiger partial charge is 0.456 e. The van der Waals surface area contributed by atoms with Crippen LogP contribution >= 0.6 is 0 Å². The molecule has 2 N–H and O–H groups in total. The summed E-state index contributed by atoms with van der Waals surface area (Å²) in [4.78, 5) is 16.3. The van der Waals surface area contributed by atoms with Gasteiger partial charge in [0.25, 0.3) is 0 Å². The molecule has 1 aromatic carbocycles. The van der Waals surface area contributed by atoms with Gasteiger partial charge in [0.05, 0.1) is 0 Å². The third-order valence-electron chi connectivity index (χ3n) is 10.6. The van der Waals surface area contributed by atoms with Crippen molar-refractivity contribution in [2.45, 2.75) is 88.6 Å². The lowest BCUT2D eigenvalue weighted by molar-refractivity contribution is -0.362. The van der Waals surface area contributed by atoms with Crippen LogP contribution in [0.25, 0.3) is 0 Å². The second-order valence-corrected chi connectivity index (χ2v) is 12.7. The lowest BCUT2D eigenvalue weighted by atomic mass is 9.50. The van der Waals surface area contributed by atoms with Crippen molar-refractivity contribution in [2.24, 2.45) is 17.3 Å². The average Bonchev–Trinajstić information content (AvgIpc) is 3.24. The van der Waals surface area contributed by atoms with Gasteiger partial charge in [-0.1, -0.05) is 36.8 Å². The highest BCUT2D eigenvalue weighted by Crippen LogP contribution is 2.70. The first-order chi connectivity index (χ1) is 19.9. The molecular formula is C33H35F5N2O2. The third kappa shape index (κ3) is 4.55. The van der Waals surface area contributed by atoms with Crippen molar-refractivity contribution in [2.75, 3.05) is 0 Å². The number of aliphatic hydroxyl groups is 1. The van der Waals surface area contributed by atoms with Gasteiger partial charge in [-0.3, -0.25) is 9.78 Å². The molecule has 2 aromatic rings. The van der Waals surface area contributed by atoms with E-state index in [0.29, 0.717) is 38.8 Å². The molecule has 0 bridgehead atoms. The molecular weight excluding hydrogens is 551 g/mol. The first kappa shape index (κ1) is 29.2. The number of nitrogens with one attached hydrogen (secondary N) is 1. The molecule has 6 rings (SSSR count). The molecule has 0 unspecified atom stereocenters. The Morgan fingerprint density at radius 3 is 2.29 bits per heavy atom. The maximum atomic E-state index is 15.2. The normalized spacial score (nSPS) is 31.4. The molecule has 2 fully saturated rings. The predicted octanol–water partition coefficient (Wildman–Crippen LogP) is 7.20. The second kappa shape index (κ2) is 10.4. The Morgan fingerprint density at radius 2 is 1.62 bits per heavy atom. The molecule has 42 heavy (non-hydrogen) atoms. The van der Waals surface area contributed by atoms with Crippen molar-refractivity contribution < 1.29 is 31.9 Å². The van der Waals surface area contributed by atoms with E-state index >= 15 is 8.78 Å². The summed E-state index contributed by atoms with van der Waals surface area (Å²) in [5.41, 5.74) is 1.20. The van der Waals surface area contributed by atoms with Crippen molar-refractivity contribution in [1.82, 2.24) is 10.3 Å². The van der Waals surface area contributed by atoms with Gasteiger partial charge in [0.2, 0.25) is 0 Å². The number of carbonyl (C=O) groups excluding carboxylic acids is 1. The maximum absolute atomic E-state index is 15.2. The average molecular weight is 587 g/mol. The summed E-state index contributed by atoms with van der Waals surface area (Å²) in [5.74, 6) is -6.34. The number of aromatic nitrogens is 1. The summed E-state index contributed by atoms with van der Waals surface area (Å²) in [7, 11) is 0. The first-order valence-electron chi connectivity index (χ1n) is 14.7. The van der Waals surface area contributed by atoms with E-state index in [0.717, 1.165) is 33.4 Å². The summed E-state index contributed by atoms with van der Waals surface area (Å²) in [6.45, 7) is 2.70.